The summed E-state index contributed by atoms with van der Waals surface area (Å²) in [6.45, 7) is 0. The largest absolute Gasteiger partial charge is 0.310 e. The van der Waals surface area contributed by atoms with Gasteiger partial charge in [-0.15, -0.1) is 0 Å². The fraction of sp³-hybridized carbons (Fsp3) is 0.0172. The van der Waals surface area contributed by atoms with Gasteiger partial charge in [-0.1, -0.05) is 382 Å². The lowest BCUT2D eigenvalue weighted by Crippen LogP contribution is -2.36. The van der Waals surface area contributed by atoms with Crippen LogP contribution in [0.25, 0.3) is 174 Å². The van der Waals surface area contributed by atoms with Crippen LogP contribution in [0.5, 0.6) is 0 Å². The van der Waals surface area contributed by atoms with Gasteiger partial charge < -0.3 is 9.47 Å². The van der Waals surface area contributed by atoms with Crippen molar-refractivity contribution in [2.24, 2.45) is 0 Å². The van der Waals surface area contributed by atoms with Gasteiger partial charge >= 0.3 is 0 Å². The molecule has 8 heteroatoms. The van der Waals surface area contributed by atoms with Gasteiger partial charge in [0, 0.05) is 49.8 Å². The Bertz CT molecular complexity index is 7830. The summed E-state index contributed by atoms with van der Waals surface area (Å²) in [5.41, 5.74) is 37.1. The first kappa shape index (κ1) is 70.6. The standard InChI is InChI=1S/C116H72N8/c1-5-26-73(27-6-1)75-50-52-77(53-51-75)78-56-60-83(61-57-78)111-117-109(80-30-9-3-10-31-80)119-113(121-111)86-35-23-34-85(70-86)89-38-24-45-100-107(89)93-37-14-16-41-96(93)115(100)97-42-17-20-47-104(97)123(105-48-21-18-43-98(105)115)88-66-62-79(63-67-88)84-65-69-103-94(71-84)92-39-25-46-101-108(92)124(103)106-49-22-19-44-99(106)116(101)95-40-15-13-36-90(95)91-68-64-87(72-102(91)116)114-120-110(81-32-11-4-12-33-81)118-112(122-114)82-58-54-76(55-59-82)74-28-7-2-8-29-74/h1-72H. The van der Waals surface area contributed by atoms with Crippen molar-refractivity contribution in [3.8, 4) is 152 Å². The van der Waals surface area contributed by atoms with Gasteiger partial charge in [0.15, 0.2) is 34.9 Å². The molecule has 0 bridgehead atoms. The minimum atomic E-state index is -0.703. The fourth-order valence-corrected chi connectivity index (χ4v) is 20.7. The summed E-state index contributed by atoms with van der Waals surface area (Å²) in [6, 6.07) is 159. The number of rotatable bonds is 12. The van der Waals surface area contributed by atoms with Gasteiger partial charge in [-0.2, -0.15) is 0 Å². The minimum Gasteiger partial charge on any atom is -0.310 e. The van der Waals surface area contributed by atoms with E-state index in [1.165, 1.54) is 94.2 Å². The molecule has 1 atom stereocenters. The van der Waals surface area contributed by atoms with Gasteiger partial charge in [0.25, 0.3) is 0 Å². The Hall–Kier alpha value is -16.4. The van der Waals surface area contributed by atoms with Gasteiger partial charge in [-0.25, -0.2) is 29.9 Å². The first-order valence-electron chi connectivity index (χ1n) is 42.4. The smallest absolute Gasteiger partial charge is 0.164 e. The molecule has 124 heavy (non-hydrogen) atoms. The van der Waals surface area contributed by atoms with Gasteiger partial charge in [-0.05, 0) is 177 Å². The molecule has 3 aromatic heterocycles. The highest BCUT2D eigenvalue weighted by atomic mass is 15.2. The van der Waals surface area contributed by atoms with E-state index >= 15 is 0 Å². The zero-order valence-electron chi connectivity index (χ0n) is 67.1. The van der Waals surface area contributed by atoms with Gasteiger partial charge in [0.2, 0.25) is 0 Å². The second-order valence-corrected chi connectivity index (χ2v) is 32.7. The molecule has 0 fully saturated rings. The van der Waals surface area contributed by atoms with Crippen LogP contribution in [-0.4, -0.2) is 34.5 Å². The molecule has 2 aliphatic heterocycles. The lowest BCUT2D eigenvalue weighted by atomic mass is 9.64. The van der Waals surface area contributed by atoms with E-state index in [0.717, 1.165) is 106 Å². The molecular weight excluding hydrogens is 1510 g/mol. The molecule has 21 aromatic rings. The van der Waals surface area contributed by atoms with Crippen LogP contribution in [0.15, 0.2) is 437 Å². The van der Waals surface area contributed by atoms with Crippen molar-refractivity contribution in [1.82, 2.24) is 34.5 Å². The molecule has 0 amide bonds. The predicted molar refractivity (Wildman–Crippen MR) is 504 cm³/mol. The summed E-state index contributed by atoms with van der Waals surface area (Å²) in [7, 11) is 0. The second kappa shape index (κ2) is 28.1. The summed E-state index contributed by atoms with van der Waals surface area (Å²) in [5.74, 6) is 3.68. The van der Waals surface area contributed by atoms with Gasteiger partial charge in [0.1, 0.15) is 0 Å². The Labute approximate surface area is 717 Å². The Kier molecular flexibility index (Phi) is 16.0. The van der Waals surface area contributed by atoms with E-state index in [0.29, 0.717) is 34.9 Å². The molecule has 5 heterocycles. The number of anilines is 3. The predicted octanol–water partition coefficient (Wildman–Crippen LogP) is 28.3. The zero-order valence-corrected chi connectivity index (χ0v) is 67.1. The normalized spacial score (nSPS) is 13.9. The number of fused-ring (bicyclic) bond motifs is 21. The van der Waals surface area contributed by atoms with Crippen molar-refractivity contribution in [3.05, 3.63) is 481 Å². The molecular formula is C116H72N8. The summed E-state index contributed by atoms with van der Waals surface area (Å²) in [6.07, 6.45) is 0. The molecule has 4 aliphatic rings. The zero-order chi connectivity index (χ0) is 81.6. The van der Waals surface area contributed by atoms with Gasteiger partial charge in [-0.3, -0.25) is 0 Å². The van der Waals surface area contributed by atoms with Crippen LogP contribution in [0.3, 0.4) is 0 Å². The Morgan fingerprint density at radius 1 is 0.177 bits per heavy atom. The third kappa shape index (κ3) is 10.8. The van der Waals surface area contributed by atoms with Crippen LogP contribution in [0.4, 0.5) is 17.1 Å². The second-order valence-electron chi connectivity index (χ2n) is 32.7. The Morgan fingerprint density at radius 3 is 1.06 bits per heavy atom. The van der Waals surface area contributed by atoms with Crippen LogP contribution in [0.1, 0.15) is 44.5 Å². The van der Waals surface area contributed by atoms with Crippen LogP contribution >= 0.6 is 0 Å². The topological polar surface area (TPSA) is 85.5 Å². The maximum absolute atomic E-state index is 5.37. The monoisotopic (exact) mass is 1580 g/mol. The van der Waals surface area contributed by atoms with Gasteiger partial charge in [0.05, 0.1) is 38.9 Å². The van der Waals surface area contributed by atoms with E-state index in [1.807, 2.05) is 36.4 Å². The average molecular weight is 1580 g/mol. The molecule has 25 rings (SSSR count). The molecule has 1 unspecified atom stereocenters. The SMILES string of the molecule is c1ccc(-c2ccc(-c3ccc(-c4nc(-c5ccccc5)nc(-c5cccc(-c6cccc7c6-c6ccccc6C76c7ccccc7N(c7ccc(-c8ccc9c(c8)c8cccc%10c8n9-c8ccccc8C%108c9ccccc9-c9ccc(-c%10nc(-c%11ccccc%11)nc(-c%11ccc(-c%12ccccc%12)cc%11)n%10)cc98)cc7)c7ccccc76)c5)n4)cc3)cc2)cc1. The highest BCUT2D eigenvalue weighted by Gasteiger charge is 2.54. The van der Waals surface area contributed by atoms with E-state index in [1.54, 1.807) is 0 Å². The van der Waals surface area contributed by atoms with Crippen molar-refractivity contribution in [2.75, 3.05) is 4.90 Å². The summed E-state index contributed by atoms with van der Waals surface area (Å²) < 4.78 is 2.53. The average Bonchev–Trinajstić information content (AvgIpc) is 1.49. The van der Waals surface area contributed by atoms with Crippen LogP contribution in [0.2, 0.25) is 0 Å². The van der Waals surface area contributed by atoms with Crippen molar-refractivity contribution < 1.29 is 0 Å². The number of benzene rings is 18. The first-order chi connectivity index (χ1) is 61.5. The first-order valence-corrected chi connectivity index (χ1v) is 42.4. The van der Waals surface area contributed by atoms with Crippen molar-refractivity contribution in [1.29, 1.82) is 0 Å². The molecule has 0 saturated heterocycles. The van der Waals surface area contributed by atoms with Crippen LogP contribution in [0, 0.1) is 0 Å². The Balaban J connectivity index is 0.566. The number of hydrogen-bond acceptors (Lipinski definition) is 7. The third-order valence-corrected chi connectivity index (χ3v) is 26.2. The lowest BCUT2D eigenvalue weighted by molar-refractivity contribution is 0.748. The Morgan fingerprint density at radius 2 is 0.508 bits per heavy atom. The number of para-hydroxylation sites is 4. The molecule has 2 spiro atoms. The van der Waals surface area contributed by atoms with Crippen molar-refractivity contribution in [2.45, 2.75) is 10.8 Å². The van der Waals surface area contributed by atoms with Crippen molar-refractivity contribution in [3.63, 3.8) is 0 Å². The van der Waals surface area contributed by atoms with E-state index < -0.39 is 10.8 Å². The highest BCUT2D eigenvalue weighted by molar-refractivity contribution is 6.14. The number of nitrogens with zero attached hydrogens (tertiary/aromatic N) is 8. The summed E-state index contributed by atoms with van der Waals surface area (Å²) in [4.78, 5) is 34.1. The summed E-state index contributed by atoms with van der Waals surface area (Å²) in [5, 5.41) is 2.40. The maximum atomic E-state index is 5.37. The maximum Gasteiger partial charge on any atom is 0.164 e. The minimum absolute atomic E-state index is 0.602. The molecule has 0 radical (unpaired) electrons. The molecule has 0 saturated carbocycles. The van der Waals surface area contributed by atoms with Crippen LogP contribution < -0.4 is 4.90 Å². The lowest BCUT2D eigenvalue weighted by Gasteiger charge is -2.45. The van der Waals surface area contributed by atoms with E-state index in [4.69, 9.17) is 29.9 Å². The third-order valence-electron chi connectivity index (χ3n) is 26.2. The number of hydrogen-bond donors (Lipinski definition) is 0. The highest BCUT2D eigenvalue weighted by Crippen LogP contribution is 2.66. The quantitative estimate of drug-likeness (QED) is 0.120. The molecule has 8 nitrogen and oxygen atoms in total. The van der Waals surface area contributed by atoms with E-state index in [9.17, 15) is 0 Å². The molecule has 0 N–H and O–H groups in total. The molecule has 576 valence electrons. The molecule has 18 aromatic carbocycles. The molecule has 2 aliphatic carbocycles. The van der Waals surface area contributed by atoms with Crippen LogP contribution in [-0.2, 0) is 10.8 Å². The summed E-state index contributed by atoms with van der Waals surface area (Å²) >= 11 is 0. The van der Waals surface area contributed by atoms with Crippen molar-refractivity contribution >= 4 is 38.9 Å². The number of aromatic nitrogens is 7. The van der Waals surface area contributed by atoms with E-state index in [-0.39, 0.29) is 0 Å². The van der Waals surface area contributed by atoms with E-state index in [2.05, 4.69) is 410 Å². The fourth-order valence-electron chi connectivity index (χ4n) is 20.7.